The second-order valence-electron chi connectivity index (χ2n) is 4.41. The van der Waals surface area contributed by atoms with Gasteiger partial charge in [0.2, 0.25) is 11.8 Å². The Labute approximate surface area is 87.4 Å². The molecule has 5 heteroatoms. The number of hydrogen-bond acceptors (Lipinski definition) is 3. The van der Waals surface area contributed by atoms with Crippen LogP contribution in [0.2, 0.25) is 0 Å². The lowest BCUT2D eigenvalue weighted by Crippen LogP contribution is -2.67. The average molecular weight is 214 g/mol. The first-order chi connectivity index (χ1) is 6.41. The standard InChI is InChI=1S/C9H14N2O2S/c1-5(12)10-6-7(13)11-4-9(2,3)14-8(6)11/h6,8H,4H2,1-3H3,(H,10,12). The minimum absolute atomic E-state index is 0.0586. The number of carbonyl (C=O) groups is 2. The molecule has 4 nitrogen and oxygen atoms in total. The molecule has 2 fully saturated rings. The number of rotatable bonds is 1. The molecule has 2 saturated heterocycles. The lowest BCUT2D eigenvalue weighted by molar-refractivity contribution is -0.147. The maximum Gasteiger partial charge on any atom is 0.249 e. The van der Waals surface area contributed by atoms with Gasteiger partial charge in [-0.15, -0.1) is 11.8 Å². The molecular formula is C9H14N2O2S. The van der Waals surface area contributed by atoms with Gasteiger partial charge in [-0.2, -0.15) is 0 Å². The summed E-state index contributed by atoms with van der Waals surface area (Å²) in [5.74, 6) is -0.0726. The van der Waals surface area contributed by atoms with Gasteiger partial charge in [-0.25, -0.2) is 0 Å². The predicted octanol–water partition coefficient (Wildman–Crippen LogP) is 0.185. The molecule has 0 aromatic rings. The van der Waals surface area contributed by atoms with E-state index in [1.165, 1.54) is 6.92 Å². The summed E-state index contributed by atoms with van der Waals surface area (Å²) >= 11 is 1.76. The van der Waals surface area contributed by atoms with Crippen LogP contribution >= 0.6 is 11.8 Å². The predicted molar refractivity (Wildman–Crippen MR) is 54.8 cm³/mol. The lowest BCUT2D eigenvalue weighted by Gasteiger charge is -2.41. The van der Waals surface area contributed by atoms with E-state index in [0.717, 1.165) is 6.54 Å². The zero-order chi connectivity index (χ0) is 10.5. The third-order valence-corrected chi connectivity index (χ3v) is 4.03. The van der Waals surface area contributed by atoms with Crippen molar-refractivity contribution in [1.82, 2.24) is 10.2 Å². The Morgan fingerprint density at radius 2 is 2.29 bits per heavy atom. The number of amides is 2. The molecule has 0 spiro atoms. The smallest absolute Gasteiger partial charge is 0.249 e. The van der Waals surface area contributed by atoms with Crippen LogP contribution in [0.5, 0.6) is 0 Å². The van der Waals surface area contributed by atoms with Crippen LogP contribution in [0.25, 0.3) is 0 Å². The largest absolute Gasteiger partial charge is 0.342 e. The van der Waals surface area contributed by atoms with E-state index >= 15 is 0 Å². The molecule has 2 atom stereocenters. The summed E-state index contributed by atoms with van der Waals surface area (Å²) in [5, 5.41) is 2.84. The van der Waals surface area contributed by atoms with Crippen molar-refractivity contribution in [2.24, 2.45) is 0 Å². The second-order valence-corrected chi connectivity index (χ2v) is 6.24. The molecule has 2 rings (SSSR count). The monoisotopic (exact) mass is 214 g/mol. The Kier molecular flexibility index (Phi) is 2.03. The average Bonchev–Trinajstić information content (AvgIpc) is 2.35. The van der Waals surface area contributed by atoms with Gasteiger partial charge in [0.15, 0.2) is 0 Å². The molecular weight excluding hydrogens is 200 g/mol. The summed E-state index contributed by atoms with van der Waals surface area (Å²) < 4.78 is 0.119. The number of nitrogens with zero attached hydrogens (tertiary/aromatic N) is 1. The minimum Gasteiger partial charge on any atom is -0.342 e. The highest BCUT2D eigenvalue weighted by Gasteiger charge is 2.56. The molecule has 0 bridgehead atoms. The molecule has 0 aliphatic carbocycles. The first-order valence-corrected chi connectivity index (χ1v) is 5.54. The molecule has 2 heterocycles. The topological polar surface area (TPSA) is 49.4 Å². The van der Waals surface area contributed by atoms with Gasteiger partial charge >= 0.3 is 0 Å². The number of nitrogens with one attached hydrogen (secondary N) is 1. The van der Waals surface area contributed by atoms with Crippen LogP contribution < -0.4 is 5.32 Å². The van der Waals surface area contributed by atoms with E-state index in [2.05, 4.69) is 19.2 Å². The Hall–Kier alpha value is -0.710. The van der Waals surface area contributed by atoms with E-state index in [0.29, 0.717) is 0 Å². The summed E-state index contributed by atoms with van der Waals surface area (Å²) in [5.41, 5.74) is 0. The lowest BCUT2D eigenvalue weighted by atomic mass is 10.1. The zero-order valence-corrected chi connectivity index (χ0v) is 9.35. The van der Waals surface area contributed by atoms with Gasteiger partial charge in [0.05, 0.1) is 0 Å². The molecule has 0 saturated carbocycles. The maximum atomic E-state index is 11.6. The van der Waals surface area contributed by atoms with E-state index in [4.69, 9.17) is 0 Å². The van der Waals surface area contributed by atoms with E-state index in [1.807, 2.05) is 4.90 Å². The molecule has 0 aromatic carbocycles. The van der Waals surface area contributed by atoms with Gasteiger partial charge in [0.1, 0.15) is 11.4 Å². The molecule has 2 aliphatic rings. The van der Waals surface area contributed by atoms with E-state index in [1.54, 1.807) is 11.8 Å². The molecule has 78 valence electrons. The van der Waals surface area contributed by atoms with Crippen molar-refractivity contribution in [2.75, 3.05) is 6.54 Å². The molecule has 1 N–H and O–H groups in total. The summed E-state index contributed by atoms with van der Waals surface area (Å²) in [6.07, 6.45) is 0. The van der Waals surface area contributed by atoms with Gasteiger partial charge in [-0.1, -0.05) is 0 Å². The van der Waals surface area contributed by atoms with Crippen molar-refractivity contribution in [1.29, 1.82) is 0 Å². The highest BCUT2D eigenvalue weighted by Crippen LogP contribution is 2.46. The normalized spacial score (nSPS) is 33.6. The summed E-state index contributed by atoms with van der Waals surface area (Å²) in [7, 11) is 0. The molecule has 2 unspecified atom stereocenters. The van der Waals surface area contributed by atoms with Gasteiger partial charge < -0.3 is 10.2 Å². The SMILES string of the molecule is CC(=O)NC1C(=O)N2CC(C)(C)SC12. The van der Waals surface area contributed by atoms with Crippen LogP contribution in [0.3, 0.4) is 0 Å². The highest BCUT2D eigenvalue weighted by molar-refractivity contribution is 8.01. The van der Waals surface area contributed by atoms with Crippen LogP contribution in [0.4, 0.5) is 0 Å². The molecule has 0 aromatic heterocycles. The van der Waals surface area contributed by atoms with Gasteiger partial charge in [-0.05, 0) is 13.8 Å². The fourth-order valence-corrected chi connectivity index (χ4v) is 3.44. The number of thioether (sulfide) groups is 1. The van der Waals surface area contributed by atoms with Gasteiger partial charge in [0.25, 0.3) is 0 Å². The Morgan fingerprint density at radius 3 is 2.86 bits per heavy atom. The van der Waals surface area contributed by atoms with E-state index in [9.17, 15) is 9.59 Å². The summed E-state index contributed by atoms with van der Waals surface area (Å²) in [6.45, 7) is 6.47. The third-order valence-electron chi connectivity index (χ3n) is 2.49. The Balaban J connectivity index is 2.05. The molecule has 2 amide bonds. The van der Waals surface area contributed by atoms with Crippen molar-refractivity contribution >= 4 is 23.6 Å². The molecule has 2 aliphatic heterocycles. The van der Waals surface area contributed by atoms with Crippen molar-refractivity contribution < 1.29 is 9.59 Å². The first kappa shape index (κ1) is 9.83. The first-order valence-electron chi connectivity index (χ1n) is 4.66. The van der Waals surface area contributed by atoms with Crippen LogP contribution in [0, 0.1) is 0 Å². The van der Waals surface area contributed by atoms with Crippen molar-refractivity contribution in [3.8, 4) is 0 Å². The fraction of sp³-hybridized carbons (Fsp3) is 0.778. The highest BCUT2D eigenvalue weighted by atomic mass is 32.2. The van der Waals surface area contributed by atoms with Gasteiger partial charge in [-0.3, -0.25) is 9.59 Å². The second kappa shape index (κ2) is 2.89. The quantitative estimate of drug-likeness (QED) is 0.634. The van der Waals surface area contributed by atoms with Gasteiger partial charge in [0, 0.05) is 18.2 Å². The van der Waals surface area contributed by atoms with Crippen molar-refractivity contribution in [2.45, 2.75) is 36.9 Å². The number of β-lactam (4-membered cyclic amide) rings is 1. The van der Waals surface area contributed by atoms with Crippen LogP contribution in [0.1, 0.15) is 20.8 Å². The summed E-state index contributed by atoms with van der Waals surface area (Å²) in [6, 6.07) is -0.292. The number of fused-ring (bicyclic) bond motifs is 1. The van der Waals surface area contributed by atoms with E-state index in [-0.39, 0.29) is 28.0 Å². The van der Waals surface area contributed by atoms with Crippen LogP contribution in [-0.2, 0) is 9.59 Å². The molecule has 14 heavy (non-hydrogen) atoms. The number of hydrogen-bond donors (Lipinski definition) is 1. The number of carbonyl (C=O) groups excluding carboxylic acids is 2. The zero-order valence-electron chi connectivity index (χ0n) is 8.53. The van der Waals surface area contributed by atoms with Crippen molar-refractivity contribution in [3.05, 3.63) is 0 Å². The van der Waals surface area contributed by atoms with E-state index < -0.39 is 0 Å². The fourth-order valence-electron chi connectivity index (χ4n) is 1.95. The molecule has 0 radical (unpaired) electrons. The van der Waals surface area contributed by atoms with Crippen LogP contribution in [-0.4, -0.2) is 39.4 Å². The van der Waals surface area contributed by atoms with Crippen molar-refractivity contribution in [3.63, 3.8) is 0 Å². The maximum absolute atomic E-state index is 11.6. The Morgan fingerprint density at radius 1 is 1.64 bits per heavy atom. The Bertz CT molecular complexity index is 303. The third kappa shape index (κ3) is 1.39. The summed E-state index contributed by atoms with van der Waals surface area (Å²) in [4.78, 5) is 24.3. The van der Waals surface area contributed by atoms with Crippen LogP contribution in [0.15, 0.2) is 0 Å². The minimum atomic E-state index is -0.292.